The molecule has 6 heterocycles. The summed E-state index contributed by atoms with van der Waals surface area (Å²) < 4.78 is 6.03. The van der Waals surface area contributed by atoms with Gasteiger partial charge in [0, 0.05) is 35.8 Å². The molecule has 4 amide bonds. The van der Waals surface area contributed by atoms with E-state index in [1.165, 1.54) is 0 Å². The summed E-state index contributed by atoms with van der Waals surface area (Å²) in [4.78, 5) is 47.2. The summed E-state index contributed by atoms with van der Waals surface area (Å²) in [6, 6.07) is 6.55. The first kappa shape index (κ1) is 21.0. The number of pyridine rings is 1. The first-order chi connectivity index (χ1) is 16.4. The topological polar surface area (TPSA) is 129 Å². The molecule has 0 aromatic carbocycles. The first-order valence-electron chi connectivity index (χ1n) is 11.0. The van der Waals surface area contributed by atoms with Crippen LogP contribution in [0.15, 0.2) is 36.7 Å². The van der Waals surface area contributed by atoms with Crippen LogP contribution in [0.2, 0.25) is 0 Å². The second kappa shape index (κ2) is 7.47. The van der Waals surface area contributed by atoms with Crippen LogP contribution in [-0.2, 0) is 20.7 Å². The first-order valence-corrected chi connectivity index (χ1v) is 11.9. The molecule has 1 spiro atoms. The Morgan fingerprint density at radius 1 is 1.12 bits per heavy atom. The number of imide groups is 2. The minimum atomic E-state index is -1.50. The monoisotopic (exact) mass is 478 g/mol. The highest BCUT2D eigenvalue weighted by atomic mass is 32.1. The van der Waals surface area contributed by atoms with Gasteiger partial charge >= 0.3 is 6.03 Å². The van der Waals surface area contributed by atoms with Crippen molar-refractivity contribution in [1.29, 1.82) is 0 Å². The highest BCUT2D eigenvalue weighted by molar-refractivity contribution is 7.18. The minimum Gasteiger partial charge on any atom is -0.372 e. The number of amides is 4. The van der Waals surface area contributed by atoms with E-state index >= 15 is 0 Å². The number of ether oxygens (including phenoxy) is 1. The van der Waals surface area contributed by atoms with Crippen LogP contribution < -0.4 is 15.5 Å². The van der Waals surface area contributed by atoms with Crippen LogP contribution in [0.4, 0.5) is 10.6 Å². The number of hydrogen-bond donors (Lipinski definition) is 3. The van der Waals surface area contributed by atoms with Gasteiger partial charge in [0.15, 0.2) is 5.41 Å². The van der Waals surface area contributed by atoms with Gasteiger partial charge in [0.1, 0.15) is 5.82 Å². The van der Waals surface area contributed by atoms with Crippen molar-refractivity contribution in [3.05, 3.63) is 42.2 Å². The summed E-state index contributed by atoms with van der Waals surface area (Å²) in [5, 5.41) is 11.6. The van der Waals surface area contributed by atoms with Crippen LogP contribution in [0.5, 0.6) is 0 Å². The number of rotatable bonds is 2. The largest absolute Gasteiger partial charge is 0.372 e. The number of carbonyl (C=O) groups excluding carboxylic acids is 3. The molecule has 0 radical (unpaired) electrons. The summed E-state index contributed by atoms with van der Waals surface area (Å²) >= 11 is 1.60. The fourth-order valence-electron chi connectivity index (χ4n) is 5.47. The fraction of sp³-hybridized carbons (Fsp3) is 0.348. The molecular weight excluding hydrogens is 456 g/mol. The summed E-state index contributed by atoms with van der Waals surface area (Å²) in [5.41, 5.74) is 1.11. The number of aromatic amines is 1. The Morgan fingerprint density at radius 2 is 1.88 bits per heavy atom. The Labute approximate surface area is 198 Å². The Kier molecular flexibility index (Phi) is 4.61. The van der Waals surface area contributed by atoms with Gasteiger partial charge in [-0.25, -0.2) is 9.78 Å². The maximum atomic E-state index is 13.3. The fourth-order valence-corrected chi connectivity index (χ4v) is 6.43. The number of hydrogen-bond acceptors (Lipinski definition) is 8. The molecule has 6 rings (SSSR count). The number of anilines is 1. The zero-order valence-electron chi connectivity index (χ0n) is 18.5. The van der Waals surface area contributed by atoms with Crippen LogP contribution in [0.1, 0.15) is 19.4 Å². The maximum absolute atomic E-state index is 13.3. The van der Waals surface area contributed by atoms with Crippen LogP contribution >= 0.6 is 11.3 Å². The van der Waals surface area contributed by atoms with E-state index in [1.807, 2.05) is 49.2 Å². The number of nitrogens with zero attached hydrogens (tertiary/aromatic N) is 3. The molecule has 0 aliphatic carbocycles. The molecule has 11 heteroatoms. The van der Waals surface area contributed by atoms with Crippen molar-refractivity contribution < 1.29 is 19.1 Å². The van der Waals surface area contributed by atoms with Crippen molar-refractivity contribution in [2.75, 3.05) is 11.4 Å². The Morgan fingerprint density at radius 3 is 2.62 bits per heavy atom. The van der Waals surface area contributed by atoms with Gasteiger partial charge in [-0.2, -0.15) is 5.10 Å². The molecule has 3 atom stereocenters. The van der Waals surface area contributed by atoms with Gasteiger partial charge in [-0.1, -0.05) is 0 Å². The lowest BCUT2D eigenvalue weighted by Gasteiger charge is -2.54. The molecule has 0 unspecified atom stereocenters. The van der Waals surface area contributed by atoms with E-state index in [2.05, 4.69) is 20.8 Å². The lowest BCUT2D eigenvalue weighted by molar-refractivity contribution is -0.153. The number of barbiturate groups is 1. The average molecular weight is 479 g/mol. The van der Waals surface area contributed by atoms with Gasteiger partial charge in [-0.05, 0) is 43.7 Å². The number of H-pyrrole nitrogens is 1. The zero-order chi connectivity index (χ0) is 23.6. The van der Waals surface area contributed by atoms with E-state index in [4.69, 9.17) is 9.72 Å². The van der Waals surface area contributed by atoms with E-state index in [-0.39, 0.29) is 12.5 Å². The second-order valence-corrected chi connectivity index (χ2v) is 10.1. The van der Waals surface area contributed by atoms with E-state index in [0.29, 0.717) is 6.54 Å². The van der Waals surface area contributed by atoms with E-state index < -0.39 is 35.4 Å². The smallest absolute Gasteiger partial charge is 0.328 e. The average Bonchev–Trinajstić information content (AvgIpc) is 3.48. The summed E-state index contributed by atoms with van der Waals surface area (Å²) in [6.07, 6.45) is 3.13. The van der Waals surface area contributed by atoms with Crippen molar-refractivity contribution in [1.82, 2.24) is 25.8 Å². The standard InChI is InChI=1S/C23H22N6O4S/c1-11-10-29-18(12(2)33-11)23(20(30)26-22(32)27-21(23)31)8-13-7-14(9-24-19(13)29)16-3-4-17(34-16)15-5-6-25-28-15/h3-7,9,11-12,18H,8,10H2,1-2H3,(H,25,28)(H2,26,27,30,31,32)/t11-,12+,18-/m1/s1. The molecule has 3 aromatic rings. The third-order valence-electron chi connectivity index (χ3n) is 6.79. The molecule has 3 aliphatic heterocycles. The predicted molar refractivity (Wildman–Crippen MR) is 124 cm³/mol. The highest BCUT2D eigenvalue weighted by Crippen LogP contribution is 2.47. The van der Waals surface area contributed by atoms with Gasteiger partial charge in [-0.3, -0.25) is 25.3 Å². The molecule has 0 bridgehead atoms. The van der Waals surface area contributed by atoms with Crippen molar-refractivity contribution in [2.24, 2.45) is 5.41 Å². The number of morpholine rings is 1. The SMILES string of the molecule is C[C@@H]1CN2c3ncc(-c4ccc(-c5ccn[nH]5)s4)cc3CC3(C(=O)NC(=O)NC3=O)[C@H]2[C@H](C)O1. The Balaban J connectivity index is 1.46. The lowest BCUT2D eigenvalue weighted by atomic mass is 9.67. The van der Waals surface area contributed by atoms with E-state index in [9.17, 15) is 14.4 Å². The van der Waals surface area contributed by atoms with Gasteiger partial charge in [0.05, 0.1) is 28.8 Å². The zero-order valence-corrected chi connectivity index (χ0v) is 19.3. The van der Waals surface area contributed by atoms with E-state index in [1.54, 1.807) is 17.5 Å². The molecule has 2 fully saturated rings. The molecule has 10 nitrogen and oxygen atoms in total. The quantitative estimate of drug-likeness (QED) is 0.481. The molecule has 3 aromatic heterocycles. The number of aromatic nitrogens is 3. The third-order valence-corrected chi connectivity index (χ3v) is 7.96. The lowest BCUT2D eigenvalue weighted by Crippen LogP contribution is -2.75. The van der Waals surface area contributed by atoms with Crippen LogP contribution in [0, 0.1) is 5.41 Å². The number of carbonyl (C=O) groups is 3. The number of thiophene rings is 1. The Hall–Kier alpha value is -3.57. The highest BCUT2D eigenvalue weighted by Gasteiger charge is 2.63. The van der Waals surface area contributed by atoms with E-state index in [0.717, 1.165) is 32.4 Å². The molecule has 0 saturated carbocycles. The van der Waals surface area contributed by atoms with Gasteiger partial charge in [-0.15, -0.1) is 11.3 Å². The summed E-state index contributed by atoms with van der Waals surface area (Å²) in [6.45, 7) is 4.29. The van der Waals surface area contributed by atoms with Crippen LogP contribution in [-0.4, -0.2) is 57.8 Å². The second-order valence-electron chi connectivity index (χ2n) is 8.98. The molecule has 34 heavy (non-hydrogen) atoms. The van der Waals surface area contributed by atoms with Crippen molar-refractivity contribution in [2.45, 2.75) is 38.5 Å². The van der Waals surface area contributed by atoms with Crippen molar-refractivity contribution in [3.8, 4) is 21.0 Å². The molecule has 2 saturated heterocycles. The molecule has 3 aliphatic rings. The summed E-state index contributed by atoms with van der Waals surface area (Å²) in [7, 11) is 0. The normalized spacial score (nSPS) is 25.5. The molecule has 3 N–H and O–H groups in total. The number of urea groups is 1. The third kappa shape index (κ3) is 3.00. The van der Waals surface area contributed by atoms with Crippen molar-refractivity contribution >= 4 is 35.0 Å². The molecule has 174 valence electrons. The Bertz CT molecular complexity index is 1300. The summed E-state index contributed by atoms with van der Waals surface area (Å²) in [5.74, 6) is -0.464. The minimum absolute atomic E-state index is 0.110. The molecular formula is C23H22N6O4S. The van der Waals surface area contributed by atoms with Gasteiger partial charge in [0.2, 0.25) is 11.8 Å². The number of nitrogens with one attached hydrogen (secondary N) is 3. The van der Waals surface area contributed by atoms with Crippen LogP contribution in [0.3, 0.4) is 0 Å². The number of fused-ring (bicyclic) bond motifs is 4. The van der Waals surface area contributed by atoms with Crippen LogP contribution in [0.25, 0.3) is 21.0 Å². The predicted octanol–water partition coefficient (Wildman–Crippen LogP) is 2.09. The van der Waals surface area contributed by atoms with Crippen molar-refractivity contribution in [3.63, 3.8) is 0 Å². The van der Waals surface area contributed by atoms with Gasteiger partial charge < -0.3 is 9.64 Å². The maximum Gasteiger partial charge on any atom is 0.328 e. The van der Waals surface area contributed by atoms with Gasteiger partial charge in [0.25, 0.3) is 0 Å².